The summed E-state index contributed by atoms with van der Waals surface area (Å²) in [4.78, 5) is 32.9. The van der Waals surface area contributed by atoms with Crippen LogP contribution in [-0.2, 0) is 14.4 Å². The van der Waals surface area contributed by atoms with Crippen LogP contribution in [0.4, 0.5) is 0 Å². The lowest BCUT2D eigenvalue weighted by Gasteiger charge is -2.33. The third-order valence-corrected chi connectivity index (χ3v) is 11.6. The van der Waals surface area contributed by atoms with Gasteiger partial charge in [0.25, 0.3) is 0 Å². The van der Waals surface area contributed by atoms with E-state index in [-0.39, 0.29) is 21.7 Å². The van der Waals surface area contributed by atoms with Crippen molar-refractivity contribution in [1.29, 1.82) is 0 Å². The van der Waals surface area contributed by atoms with Gasteiger partial charge in [-0.15, -0.1) is 0 Å². The van der Waals surface area contributed by atoms with Gasteiger partial charge in [-0.05, 0) is 119 Å². The van der Waals surface area contributed by atoms with E-state index in [4.69, 9.17) is 0 Å². The topological polar surface area (TPSA) is 51.2 Å². The fourth-order valence-electron chi connectivity index (χ4n) is 7.50. The van der Waals surface area contributed by atoms with Crippen LogP contribution in [-0.4, -0.2) is 18.9 Å². The minimum Gasteiger partial charge on any atom is -0.303 e. The van der Waals surface area contributed by atoms with E-state index < -0.39 is 0 Å². The predicted molar refractivity (Wildman–Crippen MR) is 162 cm³/mol. The third kappa shape index (κ3) is 7.42. The Labute approximate surface area is 240 Å². The Hall–Kier alpha value is -1.51. The highest BCUT2D eigenvalue weighted by molar-refractivity contribution is 5.65. The fourth-order valence-corrected chi connectivity index (χ4v) is 7.50. The number of rotatable bonds is 8. The van der Waals surface area contributed by atoms with Crippen molar-refractivity contribution in [3.8, 4) is 0 Å². The molecule has 0 aromatic carbocycles. The number of carbonyl (C=O) groups excluding carboxylic acids is 3. The summed E-state index contributed by atoms with van der Waals surface area (Å²) in [6.07, 6.45) is 21.0. The van der Waals surface area contributed by atoms with Gasteiger partial charge in [0.05, 0.1) is 0 Å². The summed E-state index contributed by atoms with van der Waals surface area (Å²) < 4.78 is 0. The predicted octanol–water partition coefficient (Wildman–Crippen LogP) is 9.34. The van der Waals surface area contributed by atoms with Crippen LogP contribution < -0.4 is 0 Å². The second-order valence-electron chi connectivity index (χ2n) is 16.0. The second kappa shape index (κ2) is 11.8. The first-order valence-electron chi connectivity index (χ1n) is 15.8. The molecule has 5 rings (SSSR count). The van der Waals surface area contributed by atoms with Crippen LogP contribution in [0.1, 0.15) is 133 Å². The van der Waals surface area contributed by atoms with Gasteiger partial charge in [0.2, 0.25) is 0 Å². The highest BCUT2D eigenvalue weighted by atomic mass is 16.1. The first-order valence-corrected chi connectivity index (χ1v) is 15.8. The molecule has 0 radical (unpaired) electrons. The van der Waals surface area contributed by atoms with Crippen molar-refractivity contribution >= 4 is 18.9 Å². The molecule has 39 heavy (non-hydrogen) atoms. The Morgan fingerprint density at radius 3 is 1.74 bits per heavy atom. The average molecular weight is 539 g/mol. The first-order chi connectivity index (χ1) is 18.1. The fraction of sp³-hybridized carbons (Fsp3) is 0.806. The molecule has 5 aliphatic carbocycles. The molecule has 0 amide bonds. The summed E-state index contributed by atoms with van der Waals surface area (Å²) in [7, 11) is 0. The molecule has 3 nitrogen and oxygen atoms in total. The van der Waals surface area contributed by atoms with Crippen molar-refractivity contribution < 1.29 is 14.4 Å². The Morgan fingerprint density at radius 1 is 0.846 bits per heavy atom. The molecule has 0 aromatic heterocycles. The third-order valence-electron chi connectivity index (χ3n) is 11.6. The van der Waals surface area contributed by atoms with Crippen LogP contribution in [0.5, 0.6) is 0 Å². The Bertz CT molecular complexity index is 946. The molecule has 3 fully saturated rings. The van der Waals surface area contributed by atoms with E-state index in [0.29, 0.717) is 23.2 Å². The lowest BCUT2D eigenvalue weighted by atomic mass is 9.70. The molecule has 4 atom stereocenters. The van der Waals surface area contributed by atoms with E-state index in [1.165, 1.54) is 49.3 Å². The van der Waals surface area contributed by atoms with Crippen LogP contribution in [0.15, 0.2) is 23.3 Å². The normalized spacial score (nSPS) is 30.0. The highest BCUT2D eigenvalue weighted by Crippen LogP contribution is 2.61. The smallest absolute Gasteiger partial charge is 0.126 e. The van der Waals surface area contributed by atoms with Gasteiger partial charge in [-0.1, -0.05) is 71.8 Å². The summed E-state index contributed by atoms with van der Waals surface area (Å²) in [5.74, 6) is 2.49. The number of carbonyl (C=O) groups is 3. The highest BCUT2D eigenvalue weighted by Gasteiger charge is 2.56. The SMILES string of the molecule is CC(CC(C)(C)C)C1(C=O)CC1.CC1=CCC(C(C)C2(C=O)CC2)CC1.CC1=CCC(C2(C=O)CC2)C1(C)C. The molecule has 0 heterocycles. The minimum atomic E-state index is 0.0533. The molecule has 0 saturated heterocycles. The molecule has 0 N–H and O–H groups in total. The molecule has 0 bridgehead atoms. The van der Waals surface area contributed by atoms with E-state index in [2.05, 4.69) is 74.5 Å². The van der Waals surface area contributed by atoms with Crippen molar-refractivity contribution in [3.63, 3.8) is 0 Å². The summed E-state index contributed by atoms with van der Waals surface area (Å²) in [5, 5.41) is 0. The number of hydrogen-bond acceptors (Lipinski definition) is 3. The van der Waals surface area contributed by atoms with Gasteiger partial charge < -0.3 is 14.4 Å². The molecule has 220 valence electrons. The van der Waals surface area contributed by atoms with Crippen LogP contribution in [0.3, 0.4) is 0 Å². The number of allylic oxidation sites excluding steroid dienone is 4. The van der Waals surface area contributed by atoms with Crippen molar-refractivity contribution in [2.24, 2.45) is 50.7 Å². The summed E-state index contributed by atoms with van der Waals surface area (Å²) in [6.45, 7) is 20.2. The second-order valence-corrected chi connectivity index (χ2v) is 16.0. The molecule has 4 unspecified atom stereocenters. The van der Waals surface area contributed by atoms with Crippen molar-refractivity contribution in [1.82, 2.24) is 0 Å². The van der Waals surface area contributed by atoms with Crippen LogP contribution in [0.2, 0.25) is 0 Å². The Kier molecular flexibility index (Phi) is 9.66. The van der Waals surface area contributed by atoms with Crippen LogP contribution >= 0.6 is 0 Å². The van der Waals surface area contributed by atoms with Gasteiger partial charge >= 0.3 is 0 Å². The maximum atomic E-state index is 11.0. The van der Waals surface area contributed by atoms with E-state index in [1.54, 1.807) is 0 Å². The molecular formula is C36H58O3. The Morgan fingerprint density at radius 2 is 1.41 bits per heavy atom. The van der Waals surface area contributed by atoms with Crippen LogP contribution in [0.25, 0.3) is 0 Å². The number of hydrogen-bond donors (Lipinski definition) is 0. The Balaban J connectivity index is 0.000000162. The summed E-state index contributed by atoms with van der Waals surface area (Å²) >= 11 is 0. The van der Waals surface area contributed by atoms with E-state index in [0.717, 1.165) is 57.3 Å². The molecular weight excluding hydrogens is 480 g/mol. The van der Waals surface area contributed by atoms with E-state index >= 15 is 0 Å². The van der Waals surface area contributed by atoms with E-state index in [9.17, 15) is 14.4 Å². The monoisotopic (exact) mass is 538 g/mol. The summed E-state index contributed by atoms with van der Waals surface area (Å²) in [6, 6.07) is 0. The molecule has 0 aliphatic heterocycles. The van der Waals surface area contributed by atoms with Gasteiger partial charge in [0.1, 0.15) is 18.9 Å². The van der Waals surface area contributed by atoms with Gasteiger partial charge in [-0.2, -0.15) is 0 Å². The first kappa shape index (κ1) is 32.0. The van der Waals surface area contributed by atoms with Crippen molar-refractivity contribution in [2.45, 2.75) is 133 Å². The molecule has 3 heteroatoms. The lowest BCUT2D eigenvalue weighted by Crippen LogP contribution is -2.29. The minimum absolute atomic E-state index is 0.0533. The van der Waals surface area contributed by atoms with Crippen molar-refractivity contribution in [2.75, 3.05) is 0 Å². The average Bonchev–Trinajstić information content (AvgIpc) is 3.77. The van der Waals surface area contributed by atoms with E-state index in [1.807, 2.05) is 0 Å². The maximum Gasteiger partial charge on any atom is 0.126 e. The zero-order chi connectivity index (χ0) is 29.3. The van der Waals surface area contributed by atoms with Crippen LogP contribution in [0, 0.1) is 50.7 Å². The van der Waals surface area contributed by atoms with Gasteiger partial charge in [-0.3, -0.25) is 0 Å². The van der Waals surface area contributed by atoms with Gasteiger partial charge in [0.15, 0.2) is 0 Å². The quantitative estimate of drug-likeness (QED) is 0.228. The standard InChI is InChI=1S/C13H20O.C12H18O.C11H20O/c1-10-3-5-12(6-4-10)11(2)13(9-14)7-8-13;1-9-4-5-10(11(9,2)3)12(8-13)6-7-12;1-9(7-10(2,3)4)11(8-12)5-6-11/h3,9,11-12H,4-8H2,1-2H3;4,8,10H,5-7H2,1-3H3;8-9H,5-7H2,1-4H3. The molecule has 0 aromatic rings. The maximum absolute atomic E-state index is 11.0. The summed E-state index contributed by atoms with van der Waals surface area (Å²) in [5.41, 5.74) is 3.82. The molecule has 0 spiro atoms. The van der Waals surface area contributed by atoms with Gasteiger partial charge in [0, 0.05) is 16.2 Å². The van der Waals surface area contributed by atoms with Gasteiger partial charge in [-0.25, -0.2) is 0 Å². The number of aldehydes is 3. The molecule has 3 saturated carbocycles. The lowest BCUT2D eigenvalue weighted by molar-refractivity contribution is -0.115. The zero-order valence-corrected chi connectivity index (χ0v) is 26.7. The zero-order valence-electron chi connectivity index (χ0n) is 26.7. The largest absolute Gasteiger partial charge is 0.303 e. The molecule has 5 aliphatic rings. The van der Waals surface area contributed by atoms with Crippen molar-refractivity contribution in [3.05, 3.63) is 23.3 Å².